The van der Waals surface area contributed by atoms with Crippen LogP contribution in [0.1, 0.15) is 11.5 Å². The maximum atomic E-state index is 11.9. The van der Waals surface area contributed by atoms with Gasteiger partial charge in [-0.3, -0.25) is 9.69 Å². The smallest absolute Gasteiger partial charge is 0.314 e. The van der Waals surface area contributed by atoms with Crippen molar-refractivity contribution in [1.82, 2.24) is 10.2 Å². The highest BCUT2D eigenvalue weighted by atomic mass is 16.5. The van der Waals surface area contributed by atoms with Crippen LogP contribution in [0.4, 0.5) is 0 Å². The van der Waals surface area contributed by atoms with E-state index in [0.29, 0.717) is 0 Å². The molecule has 1 atom stereocenters. The van der Waals surface area contributed by atoms with Gasteiger partial charge in [-0.25, -0.2) is 0 Å². The molecule has 98 valence electrons. The SMILES string of the molecule is COC(=O)C(CN1CCNCC1)c1ccccc1. The fraction of sp³-hybridized carbons (Fsp3) is 0.500. The lowest BCUT2D eigenvalue weighted by molar-refractivity contribution is -0.143. The first-order valence-corrected chi connectivity index (χ1v) is 6.37. The summed E-state index contributed by atoms with van der Waals surface area (Å²) in [5.74, 6) is -0.339. The summed E-state index contributed by atoms with van der Waals surface area (Å²) >= 11 is 0. The van der Waals surface area contributed by atoms with Crippen molar-refractivity contribution < 1.29 is 9.53 Å². The van der Waals surface area contributed by atoms with Crippen LogP contribution in [0.3, 0.4) is 0 Å². The van der Waals surface area contributed by atoms with E-state index in [1.165, 1.54) is 7.11 Å². The van der Waals surface area contributed by atoms with Crippen LogP contribution < -0.4 is 5.32 Å². The maximum absolute atomic E-state index is 11.9. The summed E-state index contributed by atoms with van der Waals surface area (Å²) in [4.78, 5) is 14.2. The molecule has 0 saturated carbocycles. The molecule has 0 aromatic heterocycles. The summed E-state index contributed by atoms with van der Waals surface area (Å²) in [5.41, 5.74) is 1.03. The Labute approximate surface area is 108 Å². The molecule has 0 spiro atoms. The quantitative estimate of drug-likeness (QED) is 0.802. The van der Waals surface area contributed by atoms with Crippen molar-refractivity contribution in [3.63, 3.8) is 0 Å². The van der Waals surface area contributed by atoms with E-state index in [-0.39, 0.29) is 11.9 Å². The number of nitrogens with one attached hydrogen (secondary N) is 1. The molecule has 0 radical (unpaired) electrons. The van der Waals surface area contributed by atoms with E-state index >= 15 is 0 Å². The molecule has 1 heterocycles. The Balaban J connectivity index is 2.07. The van der Waals surface area contributed by atoms with E-state index < -0.39 is 0 Å². The van der Waals surface area contributed by atoms with E-state index in [2.05, 4.69) is 10.2 Å². The Morgan fingerprint density at radius 3 is 2.61 bits per heavy atom. The minimum absolute atomic E-state index is 0.153. The molecule has 0 bridgehead atoms. The van der Waals surface area contributed by atoms with Gasteiger partial charge in [-0.1, -0.05) is 30.3 Å². The summed E-state index contributed by atoms with van der Waals surface area (Å²) < 4.78 is 4.93. The van der Waals surface area contributed by atoms with Crippen LogP contribution >= 0.6 is 0 Å². The fourth-order valence-electron chi connectivity index (χ4n) is 2.30. The predicted molar refractivity (Wildman–Crippen MR) is 70.5 cm³/mol. The van der Waals surface area contributed by atoms with Gasteiger partial charge in [0.15, 0.2) is 0 Å². The molecule has 0 aliphatic carbocycles. The molecule has 1 aliphatic heterocycles. The van der Waals surface area contributed by atoms with Crippen LogP contribution in [0.5, 0.6) is 0 Å². The lowest BCUT2D eigenvalue weighted by Gasteiger charge is -2.30. The molecule has 1 saturated heterocycles. The Kier molecular flexibility index (Phi) is 4.73. The number of rotatable bonds is 4. The van der Waals surface area contributed by atoms with E-state index in [9.17, 15) is 4.79 Å². The van der Waals surface area contributed by atoms with Crippen molar-refractivity contribution in [2.45, 2.75) is 5.92 Å². The van der Waals surface area contributed by atoms with E-state index in [4.69, 9.17) is 4.74 Å². The third kappa shape index (κ3) is 3.31. The average Bonchev–Trinajstić information content (AvgIpc) is 2.46. The van der Waals surface area contributed by atoms with Gasteiger partial charge in [0, 0.05) is 32.7 Å². The van der Waals surface area contributed by atoms with Crippen molar-refractivity contribution in [1.29, 1.82) is 0 Å². The van der Waals surface area contributed by atoms with Gasteiger partial charge in [0.1, 0.15) is 0 Å². The van der Waals surface area contributed by atoms with Gasteiger partial charge in [-0.2, -0.15) is 0 Å². The molecule has 4 nitrogen and oxygen atoms in total. The number of esters is 1. The lowest BCUT2D eigenvalue weighted by Crippen LogP contribution is -2.45. The number of ether oxygens (including phenoxy) is 1. The van der Waals surface area contributed by atoms with Crippen LogP contribution in [0.15, 0.2) is 30.3 Å². The van der Waals surface area contributed by atoms with E-state index in [1.807, 2.05) is 30.3 Å². The second kappa shape index (κ2) is 6.52. The first kappa shape index (κ1) is 13.1. The topological polar surface area (TPSA) is 41.6 Å². The second-order valence-electron chi connectivity index (χ2n) is 4.54. The summed E-state index contributed by atoms with van der Waals surface area (Å²) in [6.07, 6.45) is 0. The average molecular weight is 248 g/mol. The number of benzene rings is 1. The van der Waals surface area contributed by atoms with Gasteiger partial charge in [0.05, 0.1) is 13.0 Å². The Hall–Kier alpha value is -1.39. The third-order valence-electron chi connectivity index (χ3n) is 3.34. The molecular formula is C14H20N2O2. The lowest BCUT2D eigenvalue weighted by atomic mass is 9.98. The molecule has 1 aliphatic rings. The summed E-state index contributed by atoms with van der Waals surface area (Å²) in [6, 6.07) is 9.86. The fourth-order valence-corrected chi connectivity index (χ4v) is 2.30. The molecule has 18 heavy (non-hydrogen) atoms. The van der Waals surface area contributed by atoms with E-state index in [0.717, 1.165) is 38.3 Å². The first-order valence-electron chi connectivity index (χ1n) is 6.37. The summed E-state index contributed by atoms with van der Waals surface area (Å²) in [5, 5.41) is 3.31. The standard InChI is InChI=1S/C14H20N2O2/c1-18-14(17)13(12-5-3-2-4-6-12)11-16-9-7-15-8-10-16/h2-6,13,15H,7-11H2,1H3. The number of hydrogen-bond donors (Lipinski definition) is 1. The number of methoxy groups -OCH3 is 1. The summed E-state index contributed by atoms with van der Waals surface area (Å²) in [7, 11) is 1.45. The molecule has 1 aromatic rings. The molecule has 1 aromatic carbocycles. The molecular weight excluding hydrogens is 228 g/mol. The monoisotopic (exact) mass is 248 g/mol. The zero-order valence-electron chi connectivity index (χ0n) is 10.8. The zero-order chi connectivity index (χ0) is 12.8. The van der Waals surface area contributed by atoms with Gasteiger partial charge < -0.3 is 10.1 Å². The van der Waals surface area contributed by atoms with Crippen LogP contribution in [0.2, 0.25) is 0 Å². The van der Waals surface area contributed by atoms with Crippen molar-refractivity contribution in [3.05, 3.63) is 35.9 Å². The normalized spacial score (nSPS) is 18.3. The predicted octanol–water partition coefficient (Wildman–Crippen LogP) is 0.848. The second-order valence-corrected chi connectivity index (χ2v) is 4.54. The highest BCUT2D eigenvalue weighted by Crippen LogP contribution is 2.18. The van der Waals surface area contributed by atoms with Gasteiger partial charge in [0.25, 0.3) is 0 Å². The first-order chi connectivity index (χ1) is 8.81. The van der Waals surface area contributed by atoms with Gasteiger partial charge in [-0.05, 0) is 5.56 Å². The van der Waals surface area contributed by atoms with Crippen LogP contribution in [0, 0.1) is 0 Å². The highest BCUT2D eigenvalue weighted by Gasteiger charge is 2.24. The van der Waals surface area contributed by atoms with Crippen LogP contribution in [0.25, 0.3) is 0 Å². The Morgan fingerprint density at radius 1 is 1.33 bits per heavy atom. The number of nitrogens with zero attached hydrogens (tertiary/aromatic N) is 1. The molecule has 0 amide bonds. The Morgan fingerprint density at radius 2 is 2.00 bits per heavy atom. The highest BCUT2D eigenvalue weighted by molar-refractivity contribution is 5.78. The van der Waals surface area contributed by atoms with E-state index in [1.54, 1.807) is 0 Å². The molecule has 2 rings (SSSR count). The maximum Gasteiger partial charge on any atom is 0.314 e. The number of carbonyl (C=O) groups excluding carboxylic acids is 1. The summed E-state index contributed by atoms with van der Waals surface area (Å²) in [6.45, 7) is 4.68. The van der Waals surface area contributed by atoms with Crippen LogP contribution in [-0.4, -0.2) is 50.7 Å². The van der Waals surface area contributed by atoms with Gasteiger partial charge in [-0.15, -0.1) is 0 Å². The number of piperazine rings is 1. The largest absolute Gasteiger partial charge is 0.469 e. The molecule has 1 fully saturated rings. The number of hydrogen-bond acceptors (Lipinski definition) is 4. The van der Waals surface area contributed by atoms with Gasteiger partial charge >= 0.3 is 5.97 Å². The minimum atomic E-state index is -0.186. The molecule has 4 heteroatoms. The zero-order valence-corrected chi connectivity index (χ0v) is 10.8. The van der Waals surface area contributed by atoms with Crippen molar-refractivity contribution in [2.24, 2.45) is 0 Å². The third-order valence-corrected chi connectivity index (χ3v) is 3.34. The van der Waals surface area contributed by atoms with Crippen molar-refractivity contribution >= 4 is 5.97 Å². The minimum Gasteiger partial charge on any atom is -0.469 e. The van der Waals surface area contributed by atoms with Crippen molar-refractivity contribution in [2.75, 3.05) is 39.8 Å². The number of carbonyl (C=O) groups is 1. The molecule has 1 unspecified atom stereocenters. The Bertz CT molecular complexity index is 375. The molecule has 1 N–H and O–H groups in total. The van der Waals surface area contributed by atoms with Crippen molar-refractivity contribution in [3.8, 4) is 0 Å². The van der Waals surface area contributed by atoms with Gasteiger partial charge in [0.2, 0.25) is 0 Å². The van der Waals surface area contributed by atoms with Crippen LogP contribution in [-0.2, 0) is 9.53 Å².